The number of ether oxygens (including phenoxy) is 2. The first-order valence-electron chi connectivity index (χ1n) is 7.99. The van der Waals surface area contributed by atoms with E-state index in [2.05, 4.69) is 4.98 Å². The Morgan fingerprint density at radius 3 is 2.46 bits per heavy atom. The fourth-order valence-electron chi connectivity index (χ4n) is 2.99. The van der Waals surface area contributed by atoms with Gasteiger partial charge in [0.15, 0.2) is 22.7 Å². The third-order valence-electron chi connectivity index (χ3n) is 4.24. The predicted molar refractivity (Wildman–Crippen MR) is 102 cm³/mol. The lowest BCUT2D eigenvalue weighted by molar-refractivity contribution is 0.111. The number of thiazole rings is 1. The van der Waals surface area contributed by atoms with Crippen LogP contribution in [0.25, 0.3) is 27.5 Å². The number of rotatable bonds is 5. The van der Waals surface area contributed by atoms with Crippen molar-refractivity contribution >= 4 is 22.6 Å². The molecule has 2 aromatic carbocycles. The highest BCUT2D eigenvalue weighted by molar-refractivity contribution is 7.15. The van der Waals surface area contributed by atoms with Crippen molar-refractivity contribution in [1.82, 2.24) is 9.38 Å². The molecule has 6 heteroatoms. The van der Waals surface area contributed by atoms with Crippen molar-refractivity contribution < 1.29 is 14.3 Å². The van der Waals surface area contributed by atoms with E-state index in [-0.39, 0.29) is 0 Å². The second kappa shape index (κ2) is 6.65. The van der Waals surface area contributed by atoms with Crippen molar-refractivity contribution in [2.75, 3.05) is 14.2 Å². The first-order valence-corrected chi connectivity index (χ1v) is 8.87. The molecule has 130 valence electrons. The average Bonchev–Trinajstić information content (AvgIpc) is 3.27. The minimum absolute atomic E-state index is 0.539. The summed E-state index contributed by atoms with van der Waals surface area (Å²) in [6, 6.07) is 15.4. The van der Waals surface area contributed by atoms with Crippen LogP contribution in [0, 0.1) is 0 Å². The van der Waals surface area contributed by atoms with Gasteiger partial charge < -0.3 is 9.47 Å². The van der Waals surface area contributed by atoms with E-state index in [1.807, 2.05) is 58.3 Å². The number of aldehydes is 1. The molecule has 0 spiro atoms. The van der Waals surface area contributed by atoms with Gasteiger partial charge in [0.25, 0.3) is 0 Å². The zero-order valence-electron chi connectivity index (χ0n) is 14.3. The molecule has 0 bridgehead atoms. The normalized spacial score (nSPS) is 10.8. The maximum atomic E-state index is 11.9. The summed E-state index contributed by atoms with van der Waals surface area (Å²) in [6.07, 6.45) is 0.860. The van der Waals surface area contributed by atoms with E-state index in [9.17, 15) is 4.79 Å². The first-order chi connectivity index (χ1) is 12.8. The molecule has 0 aliphatic carbocycles. The molecule has 5 nitrogen and oxygen atoms in total. The SMILES string of the molecule is COc1ccc(-c2csc3nc(-c4ccccc4)c(C=O)n23)cc1OC. The largest absolute Gasteiger partial charge is 0.493 e. The number of carbonyl (C=O) groups excluding carboxylic acids is 1. The Labute approximate surface area is 154 Å². The second-order valence-corrected chi connectivity index (χ2v) is 6.47. The van der Waals surface area contributed by atoms with Crippen LogP contribution in [-0.2, 0) is 0 Å². The zero-order valence-corrected chi connectivity index (χ0v) is 15.1. The summed E-state index contributed by atoms with van der Waals surface area (Å²) in [7, 11) is 3.21. The summed E-state index contributed by atoms with van der Waals surface area (Å²) in [4.78, 5) is 17.3. The van der Waals surface area contributed by atoms with Gasteiger partial charge in [-0.3, -0.25) is 9.20 Å². The van der Waals surface area contributed by atoms with E-state index in [0.717, 1.165) is 28.1 Å². The summed E-state index contributed by atoms with van der Waals surface area (Å²) < 4.78 is 12.6. The topological polar surface area (TPSA) is 52.8 Å². The molecule has 0 fully saturated rings. The summed E-state index contributed by atoms with van der Waals surface area (Å²) in [5.41, 5.74) is 3.96. The lowest BCUT2D eigenvalue weighted by Crippen LogP contribution is -1.95. The third kappa shape index (κ3) is 2.55. The highest BCUT2D eigenvalue weighted by atomic mass is 32.1. The fraction of sp³-hybridized carbons (Fsp3) is 0.100. The number of imidazole rings is 1. The molecule has 2 aromatic heterocycles. The number of fused-ring (bicyclic) bond motifs is 1. The summed E-state index contributed by atoms with van der Waals surface area (Å²) in [6.45, 7) is 0. The molecular formula is C20H16N2O3S. The molecule has 0 aliphatic rings. The van der Waals surface area contributed by atoms with Gasteiger partial charge in [0, 0.05) is 16.5 Å². The molecule has 0 N–H and O–H groups in total. The van der Waals surface area contributed by atoms with Crippen molar-refractivity contribution in [1.29, 1.82) is 0 Å². The van der Waals surface area contributed by atoms with Gasteiger partial charge in [-0.25, -0.2) is 4.98 Å². The number of hydrogen-bond donors (Lipinski definition) is 0. The zero-order chi connectivity index (χ0) is 18.1. The van der Waals surface area contributed by atoms with Crippen molar-refractivity contribution in [2.45, 2.75) is 0 Å². The molecular weight excluding hydrogens is 348 g/mol. The van der Waals surface area contributed by atoms with Crippen LogP contribution < -0.4 is 9.47 Å². The smallest absolute Gasteiger partial charge is 0.195 e. The molecule has 4 rings (SSSR count). The van der Waals surface area contributed by atoms with Crippen LogP contribution in [0.5, 0.6) is 11.5 Å². The molecule has 0 aliphatic heterocycles. The number of benzene rings is 2. The van der Waals surface area contributed by atoms with Gasteiger partial charge in [0.05, 0.1) is 19.9 Å². The van der Waals surface area contributed by atoms with Crippen LogP contribution in [0.15, 0.2) is 53.9 Å². The summed E-state index contributed by atoms with van der Waals surface area (Å²) in [5.74, 6) is 1.30. The molecule has 0 amide bonds. The van der Waals surface area contributed by atoms with Gasteiger partial charge in [-0.1, -0.05) is 30.3 Å². The van der Waals surface area contributed by atoms with E-state index < -0.39 is 0 Å². The number of aromatic nitrogens is 2. The lowest BCUT2D eigenvalue weighted by Gasteiger charge is -2.09. The van der Waals surface area contributed by atoms with Crippen LogP contribution in [-0.4, -0.2) is 29.9 Å². The van der Waals surface area contributed by atoms with Crippen molar-refractivity contribution in [3.63, 3.8) is 0 Å². The Morgan fingerprint density at radius 2 is 1.77 bits per heavy atom. The Balaban J connectivity index is 1.93. The molecule has 26 heavy (non-hydrogen) atoms. The second-order valence-electron chi connectivity index (χ2n) is 5.64. The highest BCUT2D eigenvalue weighted by Gasteiger charge is 2.19. The number of carbonyl (C=O) groups is 1. The van der Waals surface area contributed by atoms with Gasteiger partial charge in [-0.2, -0.15) is 0 Å². The van der Waals surface area contributed by atoms with Crippen molar-refractivity contribution in [3.8, 4) is 34.0 Å². The monoisotopic (exact) mass is 364 g/mol. The van der Waals surface area contributed by atoms with Crippen molar-refractivity contribution in [3.05, 3.63) is 59.6 Å². The van der Waals surface area contributed by atoms with E-state index in [4.69, 9.17) is 9.47 Å². The van der Waals surface area contributed by atoms with Crippen LogP contribution in [0.3, 0.4) is 0 Å². The lowest BCUT2D eigenvalue weighted by atomic mass is 10.1. The van der Waals surface area contributed by atoms with Gasteiger partial charge in [0.1, 0.15) is 11.4 Å². The average molecular weight is 364 g/mol. The van der Waals surface area contributed by atoms with E-state index in [1.54, 1.807) is 14.2 Å². The standard InChI is InChI=1S/C20H16N2O3S/c1-24-17-9-8-14(10-18(17)25-2)16-12-26-20-21-19(15(11-23)22(16)20)13-6-4-3-5-7-13/h3-12H,1-2H3. The van der Waals surface area contributed by atoms with Crippen LogP contribution in [0.1, 0.15) is 10.5 Å². The van der Waals surface area contributed by atoms with Gasteiger partial charge >= 0.3 is 0 Å². The first kappa shape index (κ1) is 16.4. The third-order valence-corrected chi connectivity index (χ3v) is 5.06. The molecule has 0 unspecified atom stereocenters. The van der Waals surface area contributed by atoms with E-state index in [0.29, 0.717) is 22.9 Å². The van der Waals surface area contributed by atoms with Crippen molar-refractivity contribution in [2.24, 2.45) is 0 Å². The maximum Gasteiger partial charge on any atom is 0.195 e. The number of nitrogens with zero attached hydrogens (tertiary/aromatic N) is 2. The quantitative estimate of drug-likeness (QED) is 0.487. The molecule has 0 saturated heterocycles. The molecule has 0 saturated carbocycles. The molecule has 2 heterocycles. The minimum Gasteiger partial charge on any atom is -0.493 e. The highest BCUT2D eigenvalue weighted by Crippen LogP contribution is 2.36. The van der Waals surface area contributed by atoms with E-state index >= 15 is 0 Å². The van der Waals surface area contributed by atoms with Crippen LogP contribution in [0.2, 0.25) is 0 Å². The predicted octanol–water partition coefficient (Wildman–Crippen LogP) is 4.56. The minimum atomic E-state index is 0.539. The Hall–Kier alpha value is -3.12. The fourth-order valence-corrected chi connectivity index (χ4v) is 3.90. The molecule has 0 atom stereocenters. The van der Waals surface area contributed by atoms with Gasteiger partial charge in [0.2, 0.25) is 0 Å². The number of methoxy groups -OCH3 is 2. The van der Waals surface area contributed by atoms with Crippen LogP contribution in [0.4, 0.5) is 0 Å². The van der Waals surface area contributed by atoms with Gasteiger partial charge in [-0.05, 0) is 18.2 Å². The Morgan fingerprint density at radius 1 is 1.00 bits per heavy atom. The van der Waals surface area contributed by atoms with Gasteiger partial charge in [-0.15, -0.1) is 11.3 Å². The molecule has 4 aromatic rings. The van der Waals surface area contributed by atoms with E-state index in [1.165, 1.54) is 11.3 Å². The number of hydrogen-bond acceptors (Lipinski definition) is 5. The Kier molecular flexibility index (Phi) is 4.18. The summed E-state index contributed by atoms with van der Waals surface area (Å²) in [5, 5.41) is 1.99. The summed E-state index contributed by atoms with van der Waals surface area (Å²) >= 11 is 1.50. The molecule has 0 radical (unpaired) electrons. The Bertz CT molecular complexity index is 1080. The maximum absolute atomic E-state index is 11.9. The van der Waals surface area contributed by atoms with Crippen LogP contribution >= 0.6 is 11.3 Å².